The summed E-state index contributed by atoms with van der Waals surface area (Å²) in [4.78, 5) is 31.0. The monoisotopic (exact) mass is 356 g/mol. The molecule has 1 aliphatic heterocycles. The normalized spacial score (nSPS) is 16.3. The molecule has 2 heterocycles. The number of aromatic nitrogens is 2. The van der Waals surface area contributed by atoms with Crippen LogP contribution in [0.1, 0.15) is 38.2 Å². The molecule has 0 fully saturated rings. The molecule has 3 rings (SSSR count). The number of fused-ring (bicyclic) bond motifs is 1. The van der Waals surface area contributed by atoms with E-state index in [4.69, 9.17) is 4.74 Å². The van der Waals surface area contributed by atoms with Crippen molar-refractivity contribution in [2.24, 2.45) is 7.05 Å². The van der Waals surface area contributed by atoms with E-state index in [0.717, 1.165) is 17.1 Å². The molecule has 0 unspecified atom stereocenters. The summed E-state index contributed by atoms with van der Waals surface area (Å²) < 4.78 is 7.43. The van der Waals surface area contributed by atoms with Gasteiger partial charge in [0.1, 0.15) is 5.75 Å². The van der Waals surface area contributed by atoms with Crippen molar-refractivity contribution >= 4 is 17.5 Å². The van der Waals surface area contributed by atoms with Gasteiger partial charge in [-0.1, -0.05) is 0 Å². The van der Waals surface area contributed by atoms with Gasteiger partial charge in [0.15, 0.2) is 6.04 Å². The number of aryl methyl sites for hydroxylation is 1. The van der Waals surface area contributed by atoms with Crippen LogP contribution in [0.4, 0.5) is 5.69 Å². The highest BCUT2D eigenvalue weighted by Gasteiger charge is 2.37. The highest BCUT2D eigenvalue weighted by atomic mass is 16.5. The second-order valence-electron chi connectivity index (χ2n) is 6.73. The molecule has 1 aliphatic rings. The Labute approximate surface area is 153 Å². The minimum absolute atomic E-state index is 0.0880. The molecule has 0 aliphatic carbocycles. The number of hydrogen-bond donors (Lipinski definition) is 1. The van der Waals surface area contributed by atoms with Crippen LogP contribution >= 0.6 is 0 Å². The maximum absolute atomic E-state index is 13.0. The summed E-state index contributed by atoms with van der Waals surface area (Å²) in [6, 6.07) is 6.53. The zero-order chi connectivity index (χ0) is 18.8. The van der Waals surface area contributed by atoms with Crippen molar-refractivity contribution in [1.29, 1.82) is 0 Å². The molecule has 1 atom stereocenters. The Morgan fingerprint density at radius 3 is 2.58 bits per heavy atom. The number of imidazole rings is 1. The fraction of sp³-hybridized carbons (Fsp3) is 0.421. The van der Waals surface area contributed by atoms with Crippen LogP contribution in [-0.2, 0) is 23.1 Å². The molecule has 7 nitrogen and oxygen atoms in total. The number of benzene rings is 1. The van der Waals surface area contributed by atoms with Crippen LogP contribution in [0.25, 0.3) is 0 Å². The van der Waals surface area contributed by atoms with Crippen molar-refractivity contribution in [2.45, 2.75) is 39.3 Å². The quantitative estimate of drug-likeness (QED) is 0.912. The molecular weight excluding hydrogens is 332 g/mol. The molecule has 2 amide bonds. The number of amides is 2. The van der Waals surface area contributed by atoms with Gasteiger partial charge in [-0.05, 0) is 38.1 Å². The fourth-order valence-electron chi connectivity index (χ4n) is 3.24. The number of hydrogen-bond acceptors (Lipinski definition) is 4. The highest BCUT2D eigenvalue weighted by Crippen LogP contribution is 2.30. The Bertz CT molecular complexity index is 811. The van der Waals surface area contributed by atoms with Gasteiger partial charge in [-0.3, -0.25) is 9.59 Å². The van der Waals surface area contributed by atoms with Gasteiger partial charge in [0.2, 0.25) is 5.91 Å². The maximum atomic E-state index is 13.0. The van der Waals surface area contributed by atoms with Gasteiger partial charge in [0.25, 0.3) is 5.91 Å². The van der Waals surface area contributed by atoms with E-state index >= 15 is 0 Å². The molecule has 138 valence electrons. The molecule has 7 heteroatoms. The smallest absolute Gasteiger partial charge is 0.253 e. The van der Waals surface area contributed by atoms with Crippen LogP contribution in [0, 0.1) is 0 Å². The molecule has 0 spiro atoms. The van der Waals surface area contributed by atoms with Gasteiger partial charge in [-0.15, -0.1) is 0 Å². The summed E-state index contributed by atoms with van der Waals surface area (Å²) in [5.74, 6) is 0.370. The minimum Gasteiger partial charge on any atom is -0.491 e. The van der Waals surface area contributed by atoms with E-state index in [2.05, 4.69) is 10.3 Å². The molecule has 1 aromatic carbocycles. The van der Waals surface area contributed by atoms with Crippen LogP contribution in [0.2, 0.25) is 0 Å². The van der Waals surface area contributed by atoms with Crippen LogP contribution in [-0.4, -0.2) is 38.9 Å². The minimum atomic E-state index is -0.685. The summed E-state index contributed by atoms with van der Waals surface area (Å²) in [6.45, 7) is 5.89. The Hall–Kier alpha value is -2.83. The Morgan fingerprint density at radius 1 is 1.27 bits per heavy atom. The third kappa shape index (κ3) is 3.56. The summed E-state index contributed by atoms with van der Waals surface area (Å²) in [5, 5.41) is 2.91. The second kappa shape index (κ2) is 7.19. The lowest BCUT2D eigenvalue weighted by Gasteiger charge is -2.34. The number of nitrogens with one attached hydrogen (secondary N) is 1. The van der Waals surface area contributed by atoms with Gasteiger partial charge in [0, 0.05) is 32.6 Å². The predicted octanol–water partition coefficient (Wildman–Crippen LogP) is 2.29. The third-order valence-corrected chi connectivity index (χ3v) is 4.37. The van der Waals surface area contributed by atoms with Gasteiger partial charge in [0.05, 0.1) is 23.8 Å². The van der Waals surface area contributed by atoms with Crippen molar-refractivity contribution < 1.29 is 14.3 Å². The first-order chi connectivity index (χ1) is 12.4. The number of nitrogens with zero attached hydrogens (tertiary/aromatic N) is 3. The van der Waals surface area contributed by atoms with E-state index in [9.17, 15) is 9.59 Å². The molecule has 26 heavy (non-hydrogen) atoms. The van der Waals surface area contributed by atoms with Gasteiger partial charge >= 0.3 is 0 Å². The molecule has 0 saturated carbocycles. The first-order valence-corrected chi connectivity index (χ1v) is 8.71. The molecule has 2 aromatic rings. The van der Waals surface area contributed by atoms with Crippen LogP contribution < -0.4 is 10.1 Å². The maximum Gasteiger partial charge on any atom is 0.253 e. The Kier molecular flexibility index (Phi) is 4.97. The van der Waals surface area contributed by atoms with E-state index in [1.54, 1.807) is 23.4 Å². The number of anilines is 1. The Morgan fingerprint density at radius 2 is 1.96 bits per heavy atom. The van der Waals surface area contributed by atoms with Crippen LogP contribution in [0.5, 0.6) is 5.75 Å². The van der Waals surface area contributed by atoms with E-state index in [1.165, 1.54) is 6.92 Å². The van der Waals surface area contributed by atoms with Crippen LogP contribution in [0.15, 0.2) is 30.6 Å². The van der Waals surface area contributed by atoms with Crippen molar-refractivity contribution in [2.75, 3.05) is 11.9 Å². The molecular formula is C19H24N4O3. The second-order valence-corrected chi connectivity index (χ2v) is 6.73. The average molecular weight is 356 g/mol. The molecule has 0 saturated heterocycles. The van der Waals surface area contributed by atoms with Crippen molar-refractivity contribution in [3.8, 4) is 5.75 Å². The molecule has 0 bridgehead atoms. The number of ether oxygens (including phenoxy) is 1. The number of rotatable bonds is 4. The third-order valence-electron chi connectivity index (χ3n) is 4.37. The van der Waals surface area contributed by atoms with Crippen molar-refractivity contribution in [1.82, 2.24) is 14.5 Å². The summed E-state index contributed by atoms with van der Waals surface area (Å²) in [5.41, 5.74) is 2.29. The Balaban J connectivity index is 1.83. The first-order valence-electron chi connectivity index (χ1n) is 8.71. The lowest BCUT2D eigenvalue weighted by Crippen LogP contribution is -2.45. The lowest BCUT2D eigenvalue weighted by molar-refractivity contribution is -0.137. The molecule has 1 aromatic heterocycles. The zero-order valence-electron chi connectivity index (χ0n) is 15.5. The summed E-state index contributed by atoms with van der Waals surface area (Å²) in [7, 11) is 1.84. The van der Waals surface area contributed by atoms with Crippen molar-refractivity contribution in [3.05, 3.63) is 42.0 Å². The van der Waals surface area contributed by atoms with Gasteiger partial charge in [-0.2, -0.15) is 0 Å². The van der Waals surface area contributed by atoms with E-state index < -0.39 is 6.04 Å². The molecule has 0 radical (unpaired) electrons. The zero-order valence-corrected chi connectivity index (χ0v) is 15.5. The van der Waals surface area contributed by atoms with E-state index in [-0.39, 0.29) is 17.9 Å². The number of carbonyl (C=O) groups excluding carboxylic acids is 2. The highest BCUT2D eigenvalue weighted by molar-refractivity contribution is 5.97. The first kappa shape index (κ1) is 18.0. The van der Waals surface area contributed by atoms with Gasteiger partial charge in [-0.25, -0.2) is 4.98 Å². The topological polar surface area (TPSA) is 76.5 Å². The fourth-order valence-corrected chi connectivity index (χ4v) is 3.24. The SMILES string of the molecule is CC(=O)N1CCc2ncn(C)c2[C@H]1C(=O)Nc1ccc(OC(C)C)cc1. The standard InChI is InChI=1S/C19H24N4O3/c1-12(2)26-15-7-5-14(6-8-15)21-19(25)18-17-16(20-11-22(17)4)9-10-23(18)13(3)24/h5-8,11-12,18H,9-10H2,1-4H3,(H,21,25)/t18-/m0/s1. The average Bonchev–Trinajstić information content (AvgIpc) is 2.96. The molecule has 1 N–H and O–H groups in total. The number of carbonyl (C=O) groups is 2. The summed E-state index contributed by atoms with van der Waals surface area (Å²) >= 11 is 0. The van der Waals surface area contributed by atoms with Crippen LogP contribution in [0.3, 0.4) is 0 Å². The van der Waals surface area contributed by atoms with E-state index in [1.807, 2.05) is 37.6 Å². The van der Waals surface area contributed by atoms with Crippen molar-refractivity contribution in [3.63, 3.8) is 0 Å². The summed E-state index contributed by atoms with van der Waals surface area (Å²) in [6.07, 6.45) is 2.43. The largest absolute Gasteiger partial charge is 0.491 e. The van der Waals surface area contributed by atoms with Gasteiger partial charge < -0.3 is 19.5 Å². The predicted molar refractivity (Wildman–Crippen MR) is 97.9 cm³/mol. The lowest BCUT2D eigenvalue weighted by atomic mass is 10.0. The van der Waals surface area contributed by atoms with E-state index in [0.29, 0.717) is 18.7 Å².